The van der Waals surface area contributed by atoms with Crippen LogP contribution in [-0.4, -0.2) is 23.2 Å². The molecule has 2 aromatic rings. The van der Waals surface area contributed by atoms with Gasteiger partial charge in [0, 0.05) is 22.1 Å². The SMILES string of the molecule is CC(C)n1c(C(C)(C)c2ccccc2)nnc1S(=O)(=O)Cl. The van der Waals surface area contributed by atoms with E-state index >= 15 is 0 Å². The van der Waals surface area contributed by atoms with Gasteiger partial charge < -0.3 is 0 Å². The highest BCUT2D eigenvalue weighted by molar-refractivity contribution is 8.13. The normalized spacial score (nSPS) is 12.9. The molecule has 0 saturated heterocycles. The molecule has 0 unspecified atom stereocenters. The summed E-state index contributed by atoms with van der Waals surface area (Å²) in [5.74, 6) is 0.572. The Morgan fingerprint density at radius 3 is 2.19 bits per heavy atom. The van der Waals surface area contributed by atoms with E-state index in [0.717, 1.165) is 5.56 Å². The van der Waals surface area contributed by atoms with Gasteiger partial charge in [-0.05, 0) is 33.3 Å². The fourth-order valence-electron chi connectivity index (χ4n) is 2.32. The lowest BCUT2D eigenvalue weighted by molar-refractivity contribution is 0.462. The largest absolute Gasteiger partial charge is 0.298 e. The Kier molecular flexibility index (Phi) is 4.13. The van der Waals surface area contributed by atoms with Crippen LogP contribution in [0.4, 0.5) is 0 Å². The minimum atomic E-state index is -3.94. The average Bonchev–Trinajstić information content (AvgIpc) is 2.85. The molecule has 0 radical (unpaired) electrons. The molecule has 1 aromatic heterocycles. The highest BCUT2D eigenvalue weighted by Gasteiger charge is 2.34. The van der Waals surface area contributed by atoms with Crippen molar-refractivity contribution in [3.05, 3.63) is 41.7 Å². The number of nitrogens with zero attached hydrogens (tertiary/aromatic N) is 3. The molecular formula is C14H18ClN3O2S. The van der Waals surface area contributed by atoms with E-state index in [0.29, 0.717) is 5.82 Å². The average molecular weight is 328 g/mol. The zero-order valence-electron chi connectivity index (χ0n) is 12.4. The molecule has 0 N–H and O–H groups in total. The van der Waals surface area contributed by atoms with Crippen molar-refractivity contribution in [3.63, 3.8) is 0 Å². The van der Waals surface area contributed by atoms with E-state index in [1.807, 2.05) is 58.0 Å². The van der Waals surface area contributed by atoms with Gasteiger partial charge in [0.15, 0.2) is 0 Å². The van der Waals surface area contributed by atoms with Gasteiger partial charge in [-0.25, -0.2) is 8.42 Å². The lowest BCUT2D eigenvalue weighted by atomic mass is 9.83. The van der Waals surface area contributed by atoms with Crippen LogP contribution in [0.25, 0.3) is 0 Å². The van der Waals surface area contributed by atoms with Crippen molar-refractivity contribution in [2.75, 3.05) is 0 Å². The Hall–Kier alpha value is -1.40. The first kappa shape index (κ1) is 16.0. The number of rotatable bonds is 4. The second-order valence-electron chi connectivity index (χ2n) is 5.70. The monoisotopic (exact) mass is 327 g/mol. The summed E-state index contributed by atoms with van der Waals surface area (Å²) in [6.45, 7) is 7.71. The van der Waals surface area contributed by atoms with Gasteiger partial charge in [-0.1, -0.05) is 30.3 Å². The van der Waals surface area contributed by atoms with Crippen LogP contribution in [0, 0.1) is 0 Å². The fraction of sp³-hybridized carbons (Fsp3) is 0.429. The molecular weight excluding hydrogens is 310 g/mol. The van der Waals surface area contributed by atoms with Crippen molar-refractivity contribution >= 4 is 19.7 Å². The zero-order valence-corrected chi connectivity index (χ0v) is 14.0. The summed E-state index contributed by atoms with van der Waals surface area (Å²) < 4.78 is 24.9. The fourth-order valence-corrected chi connectivity index (χ4v) is 3.31. The maximum absolute atomic E-state index is 11.7. The van der Waals surface area contributed by atoms with E-state index in [-0.39, 0.29) is 11.2 Å². The van der Waals surface area contributed by atoms with Crippen LogP contribution in [0.2, 0.25) is 0 Å². The van der Waals surface area contributed by atoms with Gasteiger partial charge in [-0.15, -0.1) is 10.2 Å². The van der Waals surface area contributed by atoms with Gasteiger partial charge in [0.25, 0.3) is 14.2 Å². The quantitative estimate of drug-likeness (QED) is 0.809. The number of halogens is 1. The Morgan fingerprint density at radius 2 is 1.71 bits per heavy atom. The van der Waals surface area contributed by atoms with E-state index < -0.39 is 14.5 Å². The van der Waals surface area contributed by atoms with Crippen LogP contribution >= 0.6 is 10.7 Å². The van der Waals surface area contributed by atoms with Crippen molar-refractivity contribution in [3.8, 4) is 0 Å². The molecule has 7 heteroatoms. The molecule has 1 aromatic carbocycles. The molecule has 0 amide bonds. The van der Waals surface area contributed by atoms with Crippen LogP contribution in [-0.2, 0) is 14.5 Å². The first-order chi connectivity index (χ1) is 9.65. The Balaban J connectivity index is 2.68. The third-order valence-electron chi connectivity index (χ3n) is 3.45. The molecule has 0 saturated carbocycles. The molecule has 21 heavy (non-hydrogen) atoms. The van der Waals surface area contributed by atoms with E-state index in [2.05, 4.69) is 10.2 Å². The van der Waals surface area contributed by atoms with E-state index in [1.165, 1.54) is 0 Å². The van der Waals surface area contributed by atoms with Gasteiger partial charge >= 0.3 is 0 Å². The van der Waals surface area contributed by atoms with Crippen molar-refractivity contribution in [1.82, 2.24) is 14.8 Å². The molecule has 2 rings (SSSR count). The van der Waals surface area contributed by atoms with Crippen LogP contribution in [0.5, 0.6) is 0 Å². The topological polar surface area (TPSA) is 64.8 Å². The van der Waals surface area contributed by atoms with Crippen molar-refractivity contribution in [2.45, 2.75) is 44.3 Å². The number of benzene rings is 1. The predicted octanol–water partition coefficient (Wildman–Crippen LogP) is 3.11. The summed E-state index contributed by atoms with van der Waals surface area (Å²) in [7, 11) is 1.53. The maximum atomic E-state index is 11.7. The maximum Gasteiger partial charge on any atom is 0.296 e. The molecule has 0 bridgehead atoms. The lowest BCUT2D eigenvalue weighted by Crippen LogP contribution is -2.26. The molecule has 0 aliphatic carbocycles. The minimum Gasteiger partial charge on any atom is -0.298 e. The van der Waals surface area contributed by atoms with Gasteiger partial charge in [0.2, 0.25) is 0 Å². The van der Waals surface area contributed by atoms with E-state index in [4.69, 9.17) is 10.7 Å². The Labute approximate surface area is 129 Å². The summed E-state index contributed by atoms with van der Waals surface area (Å²) in [6.07, 6.45) is 0. The summed E-state index contributed by atoms with van der Waals surface area (Å²) in [4.78, 5) is 0. The smallest absolute Gasteiger partial charge is 0.296 e. The molecule has 0 spiro atoms. The van der Waals surface area contributed by atoms with Gasteiger partial charge in [-0.3, -0.25) is 4.57 Å². The van der Waals surface area contributed by atoms with Crippen LogP contribution < -0.4 is 0 Å². The zero-order chi connectivity index (χ0) is 15.8. The summed E-state index contributed by atoms with van der Waals surface area (Å²) in [6, 6.07) is 9.64. The van der Waals surface area contributed by atoms with Crippen LogP contribution in [0.15, 0.2) is 35.5 Å². The van der Waals surface area contributed by atoms with Gasteiger partial charge in [0.1, 0.15) is 5.82 Å². The second kappa shape index (κ2) is 5.42. The minimum absolute atomic E-state index is 0.124. The van der Waals surface area contributed by atoms with Crippen molar-refractivity contribution < 1.29 is 8.42 Å². The van der Waals surface area contributed by atoms with Gasteiger partial charge in [-0.2, -0.15) is 0 Å². The van der Waals surface area contributed by atoms with Gasteiger partial charge in [0.05, 0.1) is 0 Å². The summed E-state index contributed by atoms with van der Waals surface area (Å²) in [5, 5.41) is 7.68. The van der Waals surface area contributed by atoms with Crippen LogP contribution in [0.3, 0.4) is 0 Å². The molecule has 5 nitrogen and oxygen atoms in total. The first-order valence-corrected chi connectivity index (χ1v) is 8.92. The third-order valence-corrected chi connectivity index (χ3v) is 4.58. The highest BCUT2D eigenvalue weighted by Crippen LogP contribution is 2.33. The standard InChI is InChI=1S/C14H18ClN3O2S/c1-10(2)18-12(16-17-13(18)21(15,19)20)14(3,4)11-8-6-5-7-9-11/h5-10H,1-4H3. The molecule has 1 heterocycles. The summed E-state index contributed by atoms with van der Waals surface area (Å²) in [5.41, 5.74) is 0.538. The molecule has 0 aliphatic heterocycles. The lowest BCUT2D eigenvalue weighted by Gasteiger charge is -2.26. The number of aromatic nitrogens is 3. The predicted molar refractivity (Wildman–Crippen MR) is 82.0 cm³/mol. The number of hydrogen-bond donors (Lipinski definition) is 0. The molecule has 0 atom stereocenters. The van der Waals surface area contributed by atoms with Crippen molar-refractivity contribution in [1.29, 1.82) is 0 Å². The molecule has 114 valence electrons. The summed E-state index contributed by atoms with van der Waals surface area (Å²) >= 11 is 0. The second-order valence-corrected chi connectivity index (χ2v) is 8.16. The first-order valence-electron chi connectivity index (χ1n) is 6.61. The van der Waals surface area contributed by atoms with Crippen LogP contribution in [0.1, 0.15) is 45.1 Å². The highest BCUT2D eigenvalue weighted by atomic mass is 35.7. The third kappa shape index (κ3) is 2.96. The molecule has 0 aliphatic rings. The number of hydrogen-bond acceptors (Lipinski definition) is 4. The Morgan fingerprint density at radius 1 is 1.14 bits per heavy atom. The van der Waals surface area contributed by atoms with E-state index in [1.54, 1.807) is 4.57 Å². The van der Waals surface area contributed by atoms with E-state index in [9.17, 15) is 8.42 Å². The van der Waals surface area contributed by atoms with Crippen molar-refractivity contribution in [2.24, 2.45) is 0 Å². The molecule has 0 fully saturated rings. The Bertz CT molecular complexity index is 737.